The van der Waals surface area contributed by atoms with E-state index in [1.165, 1.54) is 16.7 Å². The molecule has 4 aromatic carbocycles. The third-order valence-corrected chi connectivity index (χ3v) is 7.24. The summed E-state index contributed by atoms with van der Waals surface area (Å²) in [6, 6.07) is 32.7. The highest BCUT2D eigenvalue weighted by molar-refractivity contribution is 8.13. The highest BCUT2D eigenvalue weighted by Crippen LogP contribution is 2.28. The standard InChI is InChI=1S/C31H31ClN2O2S/c1-23-19-27(32)13-18-30(23)33-31(37-22-26-7-5-4-6-8-26)34(20-24-9-14-28(35-2)15-10-24)21-25-11-16-29(36-3)17-12-25/h4-19H,20-22H2,1-3H3. The largest absolute Gasteiger partial charge is 0.497 e. The van der Waals surface area contributed by atoms with Crippen molar-refractivity contribution in [2.45, 2.75) is 25.8 Å². The molecular formula is C31H31ClN2O2S. The van der Waals surface area contributed by atoms with Gasteiger partial charge in [-0.05, 0) is 71.6 Å². The summed E-state index contributed by atoms with van der Waals surface area (Å²) in [6.07, 6.45) is 0. The van der Waals surface area contributed by atoms with Crippen LogP contribution in [0, 0.1) is 6.92 Å². The number of aryl methyl sites for hydroxylation is 1. The molecule has 0 aliphatic carbocycles. The zero-order valence-corrected chi connectivity index (χ0v) is 22.9. The van der Waals surface area contributed by atoms with E-state index in [4.69, 9.17) is 26.1 Å². The van der Waals surface area contributed by atoms with Gasteiger partial charge in [-0.3, -0.25) is 0 Å². The number of ether oxygens (including phenoxy) is 2. The molecule has 0 aromatic heterocycles. The number of nitrogens with zero attached hydrogens (tertiary/aromatic N) is 2. The maximum absolute atomic E-state index is 6.24. The van der Waals surface area contributed by atoms with Crippen molar-refractivity contribution in [1.29, 1.82) is 0 Å². The van der Waals surface area contributed by atoms with Crippen molar-refractivity contribution in [3.05, 3.63) is 124 Å². The van der Waals surface area contributed by atoms with Crippen molar-refractivity contribution < 1.29 is 9.47 Å². The number of hydrogen-bond donors (Lipinski definition) is 0. The Balaban J connectivity index is 1.71. The topological polar surface area (TPSA) is 34.1 Å². The summed E-state index contributed by atoms with van der Waals surface area (Å²) in [4.78, 5) is 7.50. The molecule has 0 N–H and O–H groups in total. The minimum Gasteiger partial charge on any atom is -0.497 e. The number of halogens is 1. The van der Waals surface area contributed by atoms with Crippen LogP contribution in [0.2, 0.25) is 5.02 Å². The lowest BCUT2D eigenvalue weighted by Gasteiger charge is -2.27. The SMILES string of the molecule is COc1ccc(CN(Cc2ccc(OC)cc2)C(=Nc2ccc(Cl)cc2C)SCc2ccccc2)cc1. The Morgan fingerprint density at radius 2 is 1.32 bits per heavy atom. The number of rotatable bonds is 9. The van der Waals surface area contributed by atoms with Crippen LogP contribution in [0.5, 0.6) is 11.5 Å². The van der Waals surface area contributed by atoms with Crippen LogP contribution in [-0.2, 0) is 18.8 Å². The van der Waals surface area contributed by atoms with Gasteiger partial charge in [0.15, 0.2) is 5.17 Å². The van der Waals surface area contributed by atoms with Crippen LogP contribution in [-0.4, -0.2) is 24.3 Å². The van der Waals surface area contributed by atoms with Crippen LogP contribution in [0.1, 0.15) is 22.3 Å². The molecule has 0 unspecified atom stereocenters. The second-order valence-electron chi connectivity index (χ2n) is 8.65. The van der Waals surface area contributed by atoms with Crippen LogP contribution in [0.25, 0.3) is 0 Å². The molecule has 4 nitrogen and oxygen atoms in total. The lowest BCUT2D eigenvalue weighted by molar-refractivity contribution is 0.405. The molecule has 0 saturated heterocycles. The van der Waals surface area contributed by atoms with Crippen LogP contribution in [0.15, 0.2) is 102 Å². The van der Waals surface area contributed by atoms with Crippen molar-refractivity contribution >= 4 is 34.2 Å². The minimum absolute atomic E-state index is 0.698. The molecule has 0 bridgehead atoms. The van der Waals surface area contributed by atoms with Crippen molar-refractivity contribution in [1.82, 2.24) is 4.90 Å². The smallest absolute Gasteiger partial charge is 0.165 e. The van der Waals surface area contributed by atoms with E-state index in [0.717, 1.165) is 33.7 Å². The van der Waals surface area contributed by atoms with Gasteiger partial charge in [0.05, 0.1) is 19.9 Å². The maximum atomic E-state index is 6.24. The number of amidine groups is 1. The number of benzene rings is 4. The Kier molecular flexibility index (Phi) is 9.52. The van der Waals surface area contributed by atoms with Gasteiger partial charge in [-0.25, -0.2) is 4.99 Å². The number of hydrogen-bond acceptors (Lipinski definition) is 4. The van der Waals surface area contributed by atoms with Gasteiger partial charge in [-0.15, -0.1) is 0 Å². The molecule has 37 heavy (non-hydrogen) atoms. The highest BCUT2D eigenvalue weighted by atomic mass is 35.5. The van der Waals surface area contributed by atoms with Crippen LogP contribution >= 0.6 is 23.4 Å². The van der Waals surface area contributed by atoms with E-state index in [1.54, 1.807) is 26.0 Å². The first-order chi connectivity index (χ1) is 18.0. The van der Waals surface area contributed by atoms with Crippen LogP contribution in [0.3, 0.4) is 0 Å². The lowest BCUT2D eigenvalue weighted by Crippen LogP contribution is -2.28. The van der Waals surface area contributed by atoms with E-state index in [1.807, 2.05) is 55.5 Å². The summed E-state index contributed by atoms with van der Waals surface area (Å²) in [6.45, 7) is 3.44. The predicted octanol–water partition coefficient (Wildman–Crippen LogP) is 8.29. The summed E-state index contributed by atoms with van der Waals surface area (Å²) in [5.41, 5.74) is 5.56. The molecule has 4 rings (SSSR count). The Labute approximate surface area is 228 Å². The maximum Gasteiger partial charge on any atom is 0.165 e. The summed E-state index contributed by atoms with van der Waals surface area (Å²) in [5, 5.41) is 1.66. The average molecular weight is 531 g/mol. The minimum atomic E-state index is 0.698. The number of methoxy groups -OCH3 is 2. The van der Waals surface area contributed by atoms with Gasteiger partial charge in [0.25, 0.3) is 0 Å². The summed E-state index contributed by atoms with van der Waals surface area (Å²) in [5.74, 6) is 2.50. The molecule has 0 aliphatic heterocycles. The Morgan fingerprint density at radius 3 is 1.84 bits per heavy atom. The Hall–Kier alpha value is -3.41. The molecule has 4 aromatic rings. The number of aliphatic imine (C=N–C) groups is 1. The van der Waals surface area contributed by atoms with Gasteiger partial charge in [-0.1, -0.05) is 78.0 Å². The van der Waals surface area contributed by atoms with E-state index >= 15 is 0 Å². The van der Waals surface area contributed by atoms with Gasteiger partial charge < -0.3 is 14.4 Å². The van der Waals surface area contributed by atoms with Crippen LogP contribution in [0.4, 0.5) is 5.69 Å². The van der Waals surface area contributed by atoms with Gasteiger partial charge in [0.1, 0.15) is 11.5 Å². The van der Waals surface area contributed by atoms with Gasteiger partial charge >= 0.3 is 0 Å². The second kappa shape index (κ2) is 13.2. The normalized spacial score (nSPS) is 11.3. The molecule has 6 heteroatoms. The third-order valence-electron chi connectivity index (χ3n) is 5.92. The number of thioether (sulfide) groups is 1. The van der Waals surface area contributed by atoms with Gasteiger partial charge in [0.2, 0.25) is 0 Å². The molecule has 0 radical (unpaired) electrons. The first kappa shape index (κ1) is 26.6. The van der Waals surface area contributed by atoms with Crippen molar-refractivity contribution in [3.8, 4) is 11.5 Å². The molecule has 0 fully saturated rings. The van der Waals surface area contributed by atoms with Crippen molar-refractivity contribution in [3.63, 3.8) is 0 Å². The molecular weight excluding hydrogens is 500 g/mol. The summed E-state index contributed by atoms with van der Waals surface area (Å²) >= 11 is 7.97. The highest BCUT2D eigenvalue weighted by Gasteiger charge is 2.16. The zero-order valence-electron chi connectivity index (χ0n) is 21.4. The van der Waals surface area contributed by atoms with Crippen LogP contribution < -0.4 is 9.47 Å². The summed E-state index contributed by atoms with van der Waals surface area (Å²) in [7, 11) is 3.37. The molecule has 0 amide bonds. The van der Waals surface area contributed by atoms with Crippen molar-refractivity contribution in [2.75, 3.05) is 14.2 Å². The zero-order chi connectivity index (χ0) is 26.0. The second-order valence-corrected chi connectivity index (χ2v) is 10.0. The quantitative estimate of drug-likeness (QED) is 0.161. The molecule has 0 aliphatic rings. The van der Waals surface area contributed by atoms with E-state index in [-0.39, 0.29) is 0 Å². The van der Waals surface area contributed by atoms with Gasteiger partial charge in [0, 0.05) is 23.9 Å². The Morgan fingerprint density at radius 1 is 0.757 bits per heavy atom. The molecule has 0 heterocycles. The predicted molar refractivity (Wildman–Crippen MR) is 156 cm³/mol. The van der Waals surface area contributed by atoms with E-state index in [0.29, 0.717) is 18.1 Å². The lowest BCUT2D eigenvalue weighted by atomic mass is 10.1. The first-order valence-electron chi connectivity index (χ1n) is 12.1. The molecule has 0 saturated carbocycles. The Bertz CT molecular complexity index is 1260. The third kappa shape index (κ3) is 7.78. The van der Waals surface area contributed by atoms with Gasteiger partial charge in [-0.2, -0.15) is 0 Å². The molecule has 190 valence electrons. The molecule has 0 spiro atoms. The summed E-state index contributed by atoms with van der Waals surface area (Å²) < 4.78 is 10.7. The fraction of sp³-hybridized carbons (Fsp3) is 0.194. The van der Waals surface area contributed by atoms with E-state index in [2.05, 4.69) is 53.4 Å². The van der Waals surface area contributed by atoms with Crippen molar-refractivity contribution in [2.24, 2.45) is 4.99 Å². The fourth-order valence-electron chi connectivity index (χ4n) is 3.86. The average Bonchev–Trinajstić information content (AvgIpc) is 2.93. The fourth-order valence-corrected chi connectivity index (χ4v) is 5.05. The van der Waals surface area contributed by atoms with E-state index in [9.17, 15) is 0 Å². The molecule has 0 atom stereocenters. The van der Waals surface area contributed by atoms with E-state index < -0.39 is 0 Å². The first-order valence-corrected chi connectivity index (χ1v) is 13.4. The monoisotopic (exact) mass is 530 g/mol.